The van der Waals surface area contributed by atoms with Crippen LogP contribution in [0.15, 0.2) is 48.5 Å². The smallest absolute Gasteiger partial charge is 0.261 e. The van der Waals surface area contributed by atoms with Crippen molar-refractivity contribution in [3.63, 3.8) is 0 Å². The van der Waals surface area contributed by atoms with Crippen LogP contribution in [-0.4, -0.2) is 77.8 Å². The molecule has 7 nitrogen and oxygen atoms in total. The van der Waals surface area contributed by atoms with Crippen molar-refractivity contribution in [2.24, 2.45) is 0 Å². The molecule has 0 saturated carbocycles. The zero-order chi connectivity index (χ0) is 21.9. The topological polar surface area (TPSA) is 71.7 Å². The lowest BCUT2D eigenvalue weighted by molar-refractivity contribution is -0.145. The Bertz CT molecular complexity index is 1230. The molecule has 2 N–H and O–H groups in total. The average Bonchev–Trinajstić information content (AvgIpc) is 3.32. The van der Waals surface area contributed by atoms with E-state index in [1.165, 1.54) is 0 Å². The molecule has 2 amide bonds. The molecule has 0 unspecified atom stereocenters. The van der Waals surface area contributed by atoms with Gasteiger partial charge in [-0.15, -0.1) is 0 Å². The molecule has 1 aromatic heterocycles. The van der Waals surface area contributed by atoms with Crippen LogP contribution >= 0.6 is 0 Å². The Morgan fingerprint density at radius 1 is 1.00 bits per heavy atom. The minimum absolute atomic E-state index is 0.00529. The first-order valence-electron chi connectivity index (χ1n) is 11.3. The molecule has 1 fully saturated rings. The van der Waals surface area contributed by atoms with Crippen LogP contribution in [0.25, 0.3) is 10.9 Å². The van der Waals surface area contributed by atoms with E-state index in [4.69, 9.17) is 0 Å². The van der Waals surface area contributed by atoms with Crippen molar-refractivity contribution in [3.8, 4) is 0 Å². The molecule has 3 aliphatic rings. The summed E-state index contributed by atoms with van der Waals surface area (Å²) in [6.45, 7) is 4.48. The van der Waals surface area contributed by atoms with Crippen molar-refractivity contribution in [1.29, 1.82) is 0 Å². The van der Waals surface area contributed by atoms with Crippen LogP contribution in [0.2, 0.25) is 0 Å². The average molecular weight is 430 g/mol. The number of nitrogens with one attached hydrogen (secondary N) is 2. The highest BCUT2D eigenvalue weighted by Gasteiger charge is 2.58. The summed E-state index contributed by atoms with van der Waals surface area (Å²) in [4.78, 5) is 37.4. The molecule has 0 radical (unpaired) electrons. The number of hydrogen-bond acceptors (Lipinski definition) is 4. The maximum atomic E-state index is 13.8. The Morgan fingerprint density at radius 2 is 1.75 bits per heavy atom. The summed E-state index contributed by atoms with van der Waals surface area (Å²) in [7, 11) is 2.11. The molecular formula is C25H27N5O2. The first kappa shape index (κ1) is 19.5. The van der Waals surface area contributed by atoms with Crippen LogP contribution in [0.5, 0.6) is 0 Å². The van der Waals surface area contributed by atoms with Crippen LogP contribution in [0.4, 0.5) is 5.69 Å². The maximum Gasteiger partial charge on any atom is 0.261 e. The van der Waals surface area contributed by atoms with Gasteiger partial charge in [-0.1, -0.05) is 36.4 Å². The molecule has 2 aromatic carbocycles. The number of likely N-dealkylation sites (N-methyl/N-ethyl adjacent to an activating group) is 1. The molecule has 4 heterocycles. The van der Waals surface area contributed by atoms with Crippen LogP contribution < -0.4 is 5.32 Å². The van der Waals surface area contributed by atoms with Gasteiger partial charge >= 0.3 is 0 Å². The fraction of sp³-hybridized carbons (Fsp3) is 0.360. The SMILES string of the molecule is CN1CCN(CC(=O)N2CCc3c([nH]c4ccccc34)[C@]23C(=O)Nc2ccccc23)CC1. The third-order valence-corrected chi connectivity index (χ3v) is 7.32. The summed E-state index contributed by atoms with van der Waals surface area (Å²) in [5.74, 6) is -0.149. The molecule has 3 aliphatic heterocycles. The highest BCUT2D eigenvalue weighted by Crippen LogP contribution is 2.49. The van der Waals surface area contributed by atoms with Gasteiger partial charge in [0, 0.05) is 54.9 Å². The monoisotopic (exact) mass is 429 g/mol. The van der Waals surface area contributed by atoms with Gasteiger partial charge in [-0.05, 0) is 31.2 Å². The van der Waals surface area contributed by atoms with E-state index in [0.717, 1.165) is 66.0 Å². The van der Waals surface area contributed by atoms with E-state index in [-0.39, 0.29) is 11.8 Å². The predicted octanol–water partition coefficient (Wildman–Crippen LogP) is 2.00. The minimum atomic E-state index is -1.16. The number of hydrogen-bond donors (Lipinski definition) is 2. The molecular weight excluding hydrogens is 402 g/mol. The minimum Gasteiger partial charge on any atom is -0.355 e. The molecule has 0 bridgehead atoms. The molecule has 1 atom stereocenters. The van der Waals surface area contributed by atoms with Crippen molar-refractivity contribution < 1.29 is 9.59 Å². The number of carbonyl (C=O) groups is 2. The summed E-state index contributed by atoms with van der Waals surface area (Å²) in [5, 5.41) is 4.19. The lowest BCUT2D eigenvalue weighted by Crippen LogP contribution is -2.60. The highest BCUT2D eigenvalue weighted by atomic mass is 16.2. The van der Waals surface area contributed by atoms with Gasteiger partial charge in [0.15, 0.2) is 5.54 Å². The Morgan fingerprint density at radius 3 is 2.59 bits per heavy atom. The van der Waals surface area contributed by atoms with Gasteiger partial charge < -0.3 is 20.1 Å². The number of nitrogens with zero attached hydrogens (tertiary/aromatic N) is 3. The highest BCUT2D eigenvalue weighted by molar-refractivity contribution is 6.11. The number of benzene rings is 2. The number of aromatic nitrogens is 1. The van der Waals surface area contributed by atoms with Crippen molar-refractivity contribution in [2.45, 2.75) is 12.0 Å². The summed E-state index contributed by atoms with van der Waals surface area (Å²) >= 11 is 0. The molecule has 0 aliphatic carbocycles. The lowest BCUT2D eigenvalue weighted by atomic mass is 9.79. The van der Waals surface area contributed by atoms with Crippen LogP contribution in [0, 0.1) is 0 Å². The Labute approximate surface area is 187 Å². The quantitative estimate of drug-likeness (QED) is 0.654. The normalized spacial score (nSPS) is 23.4. The number of para-hydroxylation sites is 2. The van der Waals surface area contributed by atoms with Gasteiger partial charge in [-0.25, -0.2) is 0 Å². The van der Waals surface area contributed by atoms with Gasteiger partial charge in [0.25, 0.3) is 5.91 Å². The lowest BCUT2D eigenvalue weighted by Gasteiger charge is -2.44. The third kappa shape index (κ3) is 2.68. The first-order chi connectivity index (χ1) is 15.6. The van der Waals surface area contributed by atoms with Crippen LogP contribution in [0.1, 0.15) is 16.8 Å². The van der Waals surface area contributed by atoms with Gasteiger partial charge in [-0.3, -0.25) is 14.5 Å². The van der Waals surface area contributed by atoms with Gasteiger partial charge in [0.05, 0.1) is 12.2 Å². The number of fused-ring (bicyclic) bond motifs is 6. The predicted molar refractivity (Wildman–Crippen MR) is 124 cm³/mol. The van der Waals surface area contributed by atoms with Crippen molar-refractivity contribution in [1.82, 2.24) is 19.7 Å². The zero-order valence-electron chi connectivity index (χ0n) is 18.2. The number of piperazine rings is 1. The second kappa shape index (κ2) is 7.18. The second-order valence-electron chi connectivity index (χ2n) is 9.11. The first-order valence-corrected chi connectivity index (χ1v) is 11.3. The number of rotatable bonds is 2. The standard InChI is InChI=1S/C25H27N5O2/c1-28-12-14-29(15-13-28)16-22(31)30-11-10-18-17-6-2-4-8-20(17)26-23(18)25(30)19-7-3-5-9-21(19)27-24(25)32/h2-9,26H,10-16H2,1H3,(H,27,32)/t25-/m1/s1. The van der Waals surface area contributed by atoms with E-state index >= 15 is 0 Å². The largest absolute Gasteiger partial charge is 0.355 e. The summed E-state index contributed by atoms with van der Waals surface area (Å²) in [5.41, 5.74) is 3.44. The van der Waals surface area contributed by atoms with E-state index in [1.54, 1.807) is 0 Å². The molecule has 7 heteroatoms. The van der Waals surface area contributed by atoms with Gasteiger partial charge in [0.2, 0.25) is 5.91 Å². The van der Waals surface area contributed by atoms with Crippen molar-refractivity contribution in [3.05, 3.63) is 65.4 Å². The molecule has 32 heavy (non-hydrogen) atoms. The number of H-pyrrole nitrogens is 1. The zero-order valence-corrected chi connectivity index (χ0v) is 18.2. The van der Waals surface area contributed by atoms with Crippen LogP contribution in [0.3, 0.4) is 0 Å². The second-order valence-corrected chi connectivity index (χ2v) is 9.11. The summed E-state index contributed by atoms with van der Waals surface area (Å²) < 4.78 is 0. The van der Waals surface area contributed by atoms with Crippen LogP contribution in [-0.2, 0) is 21.5 Å². The summed E-state index contributed by atoms with van der Waals surface area (Å²) in [6.07, 6.45) is 0.727. The van der Waals surface area contributed by atoms with Gasteiger partial charge in [-0.2, -0.15) is 0 Å². The molecule has 164 valence electrons. The van der Waals surface area contributed by atoms with E-state index in [1.807, 2.05) is 47.4 Å². The fourth-order valence-corrected chi connectivity index (χ4v) is 5.65. The Balaban J connectivity index is 1.48. The molecule has 1 saturated heterocycles. The number of amides is 2. The number of aromatic amines is 1. The fourth-order valence-electron chi connectivity index (χ4n) is 5.65. The van der Waals surface area contributed by atoms with Crippen molar-refractivity contribution >= 4 is 28.4 Å². The number of carbonyl (C=O) groups excluding carboxylic acids is 2. The van der Waals surface area contributed by atoms with Gasteiger partial charge in [0.1, 0.15) is 0 Å². The van der Waals surface area contributed by atoms with Crippen molar-refractivity contribution in [2.75, 3.05) is 51.6 Å². The Kier molecular flexibility index (Phi) is 4.38. The maximum absolute atomic E-state index is 13.8. The Hall–Kier alpha value is -3.16. The van der Waals surface area contributed by atoms with E-state index in [2.05, 4.69) is 33.2 Å². The van der Waals surface area contributed by atoms with E-state index in [9.17, 15) is 9.59 Å². The van der Waals surface area contributed by atoms with E-state index in [0.29, 0.717) is 13.1 Å². The molecule has 6 rings (SSSR count). The number of anilines is 1. The molecule has 1 spiro atoms. The third-order valence-electron chi connectivity index (χ3n) is 7.32. The summed E-state index contributed by atoms with van der Waals surface area (Å²) in [6, 6.07) is 15.9. The molecule has 3 aromatic rings. The van der Waals surface area contributed by atoms with E-state index < -0.39 is 5.54 Å².